The third kappa shape index (κ3) is 20.1. The van der Waals surface area contributed by atoms with E-state index in [1.54, 1.807) is 20.8 Å². The van der Waals surface area contributed by atoms with Crippen molar-refractivity contribution >= 4 is 139 Å². The van der Waals surface area contributed by atoms with Crippen molar-refractivity contribution in [2.45, 2.75) is 172 Å². The highest BCUT2D eigenvalue weighted by atomic mass is 32.7. The number of nitrogens with two attached hydrogens (primary N) is 4. The van der Waals surface area contributed by atoms with E-state index in [-0.39, 0.29) is 89.7 Å². The first-order valence-electron chi connectivity index (χ1n) is 33.3. The van der Waals surface area contributed by atoms with E-state index >= 15 is 0 Å². The lowest BCUT2D eigenvalue weighted by molar-refractivity contribution is -0.220. The van der Waals surface area contributed by atoms with Gasteiger partial charge in [-0.1, -0.05) is 61.1 Å². The normalized spacial score (nSPS) is 30.2. The Bertz CT molecular complexity index is 5020. The fourth-order valence-corrected chi connectivity index (χ4v) is 20.3. The number of rotatable bonds is 31. The van der Waals surface area contributed by atoms with E-state index in [1.165, 1.54) is 57.9 Å². The molecule has 0 aromatic carbocycles. The Kier molecular flexibility index (Phi) is 25.6. The van der Waals surface area contributed by atoms with Gasteiger partial charge in [-0.05, 0) is 57.6 Å². The van der Waals surface area contributed by atoms with E-state index in [2.05, 4.69) is 45.2 Å². The Morgan fingerprint density at radius 2 is 1.01 bits per heavy atom. The number of ether oxygens (including phenoxy) is 5. The second-order valence-corrected chi connectivity index (χ2v) is 40.0. The van der Waals surface area contributed by atoms with Crippen molar-refractivity contribution in [1.29, 1.82) is 0 Å². The van der Waals surface area contributed by atoms with Crippen LogP contribution < -0.4 is 75.9 Å². The van der Waals surface area contributed by atoms with Crippen LogP contribution in [0.4, 0.5) is 22.5 Å². The molecule has 12 N–H and O–H groups in total. The van der Waals surface area contributed by atoms with E-state index in [9.17, 15) is 52.9 Å². The topological polar surface area (TPSA) is 601 Å². The van der Waals surface area contributed by atoms with Crippen LogP contribution in [-0.2, 0) is 133 Å². The molecule has 0 aliphatic carbocycles. The first-order valence-corrected chi connectivity index (χ1v) is 46.0. The molecule has 0 radical (unpaired) electrons. The summed E-state index contributed by atoms with van der Waals surface area (Å²) in [6.45, 7) is -16.7. The fraction of sp³-hybridized carbons (Fsp3) is 0.618. The number of nitrogens with zero attached hydrogens (tertiary/aromatic N) is 10. The minimum atomic E-state index is -4.90. The van der Waals surface area contributed by atoms with Crippen molar-refractivity contribution in [1.82, 2.24) is 68.4 Å². The van der Waals surface area contributed by atoms with Crippen molar-refractivity contribution in [2.75, 3.05) is 50.2 Å². The van der Waals surface area contributed by atoms with Crippen molar-refractivity contribution in [3.8, 4) is 0 Å². The van der Waals surface area contributed by atoms with Gasteiger partial charge in [-0.15, -0.1) is 0 Å². The molecule has 0 bridgehead atoms. The molecule has 0 spiro atoms. The van der Waals surface area contributed by atoms with Gasteiger partial charge >= 0.3 is 17.4 Å². The number of H-pyrrole nitrogens is 3. The van der Waals surface area contributed by atoms with Crippen LogP contribution in [-0.4, -0.2) is 176 Å². The molecule has 11 unspecified atom stereocenters. The molecule has 54 heteroatoms. The zero-order valence-corrected chi connectivity index (χ0v) is 66.7. The molecule has 21 atom stereocenters. The van der Waals surface area contributed by atoms with Crippen LogP contribution in [0.15, 0.2) is 66.9 Å². The summed E-state index contributed by atoms with van der Waals surface area (Å²) in [4.78, 5) is 163. The van der Waals surface area contributed by atoms with Gasteiger partial charge in [-0.25, -0.2) is 24.4 Å². The summed E-state index contributed by atoms with van der Waals surface area (Å²) >= 11 is 26.9. The summed E-state index contributed by atoms with van der Waals surface area (Å²) in [6, 6.07) is 0.699. The Morgan fingerprint density at radius 1 is 0.578 bits per heavy atom. The van der Waals surface area contributed by atoms with Gasteiger partial charge in [0.05, 0.1) is 82.3 Å². The summed E-state index contributed by atoms with van der Waals surface area (Å²) < 4.78 is 109. The van der Waals surface area contributed by atoms with Crippen molar-refractivity contribution in [3.63, 3.8) is 0 Å². The Balaban J connectivity index is 0.754. The standard InChI is InChI=1S/C55H79N18O26P5S5/c1-23(2)27-9-38(69-8-7-37(56)62-53(69)77)90-32(27)16-85-101(81,106)96-29-11-40(71-15-26(6)48(74)68-55(71)79)92-34(29)19-88-104(84,109)99-31-13-42(73-22-61-44-47(73)65-52(59)67-50(44)76)94-36(31)20-89-102(82,107)97-28-10-39(70-14-25(5)45(57)63-54(70)78)91-33(28)18-87-103(83,108)98-30-12-41(93-35(30)17-86-100(80,105)95-24(3)4)72-21-60-43-46(72)64-51(58)66-49(43)75/h7-8,14-15,21-24,27-36,38-42,45H,9-13,16-20,57H2,1-6H3,(H,63,78)(H,80,105)(H,81,106)(H,82,107)(H,83,108)(H,84,109)(H2,56,62,77)(H,68,74,79)(H3,58,64,66,75)(H3,59,65,67,76)/p-5/t27?,28?,29?,30?,31?,32-,33-,34-,35-,36-,38-,39-,40-,41-,42-,45?,100?,101?,102?,103?,104?/m1/s1. The molecule has 12 rings (SSSR count). The van der Waals surface area contributed by atoms with Gasteiger partial charge < -0.3 is 129 Å². The van der Waals surface area contributed by atoms with Crippen LogP contribution in [0.25, 0.3) is 22.3 Å². The summed E-state index contributed by atoms with van der Waals surface area (Å²) in [7, 11) is 0. The molecular weight excluding hydrogens is 1640 g/mol. The molecule has 0 saturated carbocycles. The summed E-state index contributed by atoms with van der Waals surface area (Å²) in [5, 5.41) is 2.58. The molecule has 5 saturated heterocycles. The van der Waals surface area contributed by atoms with Gasteiger partial charge in [0.15, 0.2) is 29.1 Å². The number of nitrogen functional groups attached to an aromatic ring is 3. The third-order valence-electron chi connectivity index (χ3n) is 18.0. The number of imidazole rings is 2. The number of hydrogen-bond acceptors (Lipinski definition) is 40. The average Bonchev–Trinajstić information content (AvgIpc) is 1.76. The largest absolute Gasteiger partial charge is 0.780 e. The van der Waals surface area contributed by atoms with Crippen molar-refractivity contribution in [3.05, 3.63) is 100 Å². The Labute approximate surface area is 642 Å². The molecule has 5 fully saturated rings. The van der Waals surface area contributed by atoms with Gasteiger partial charge in [0.25, 0.3) is 16.7 Å². The van der Waals surface area contributed by atoms with Crippen LogP contribution >= 0.6 is 33.7 Å². The number of urea groups is 1. The maximum Gasteiger partial charge on any atom is 0.351 e. The van der Waals surface area contributed by atoms with Gasteiger partial charge in [-0.2, -0.15) is 15.0 Å². The van der Waals surface area contributed by atoms with Crippen LogP contribution in [0.1, 0.15) is 97.2 Å². The number of nitrogens with one attached hydrogen (secondary N) is 4. The van der Waals surface area contributed by atoms with Crippen molar-refractivity contribution < 1.29 is 97.9 Å². The second-order valence-electron chi connectivity index (χ2n) is 26.5. The third-order valence-corrected chi connectivity index (χ3v) is 26.0. The molecule has 6 aliphatic rings. The minimum absolute atomic E-state index is 0.00564. The molecule has 2 amide bonds. The van der Waals surface area contributed by atoms with Crippen LogP contribution in [0.3, 0.4) is 0 Å². The molecule has 600 valence electrons. The number of carbonyl (C=O) groups excluding carboxylic acids is 1. The number of amides is 2. The number of hydrogen-bond donors (Lipinski definition) is 8. The molecule has 6 aromatic heterocycles. The maximum atomic E-state index is 14.7. The lowest BCUT2D eigenvalue weighted by Gasteiger charge is -2.36. The molecule has 6 aromatic rings. The molecule has 44 nitrogen and oxygen atoms in total. The zero-order chi connectivity index (χ0) is 78.7. The van der Waals surface area contributed by atoms with Crippen molar-refractivity contribution in [2.24, 2.45) is 17.6 Å². The smallest absolute Gasteiger partial charge is 0.351 e. The van der Waals surface area contributed by atoms with E-state index in [0.29, 0.717) is 12.0 Å². The number of aromatic amines is 3. The lowest BCUT2D eigenvalue weighted by atomic mass is 9.89. The summed E-state index contributed by atoms with van der Waals surface area (Å²) in [5.74, 6) is -0.856. The van der Waals surface area contributed by atoms with E-state index < -0.39 is 193 Å². The Morgan fingerprint density at radius 3 is 1.50 bits per heavy atom. The average molecular weight is 1720 g/mol. The summed E-state index contributed by atoms with van der Waals surface area (Å²) in [5.41, 5.74) is 20.1. The molecule has 12 heterocycles. The number of aryl methyl sites for hydroxylation is 1. The maximum absolute atomic E-state index is 14.7. The van der Waals surface area contributed by atoms with Crippen LogP contribution in [0, 0.1) is 18.8 Å². The number of aromatic nitrogens is 12. The monoisotopic (exact) mass is 1720 g/mol. The SMILES string of the molecule is CC1=CN([C@H]2CC(OP(=O)([S-])OC[C@H]3O[C@@H](n4cnc5c(=O)[nH]c(N)nc54)CC3OP([O-])(=S)OC[C@H]3O[C@@H](n4cc(C)c(=O)[nH]c4=O)CC3OP([O-])(=S)OC[C@H]3O[C@@H](n4ccc(N)nc4=O)CC3C(C)C)[C@@H](COP([O-])(=S)OC3C[C@H](n4cnc5c(=O)[nH]c(N)nc54)O[C@@H]3COP([O-])(=S)OC(C)C)O2)C(=O)NC1N. The predicted molar refractivity (Wildman–Crippen MR) is 389 cm³/mol. The Hall–Kier alpha value is -4.95. The highest BCUT2D eigenvalue weighted by molar-refractivity contribution is 8.32. The van der Waals surface area contributed by atoms with Crippen LogP contribution in [0.2, 0.25) is 0 Å². The van der Waals surface area contributed by atoms with Gasteiger partial charge in [0, 0.05) is 49.8 Å². The molecular formula is C55H74N18O26P5S5-5. The highest BCUT2D eigenvalue weighted by Crippen LogP contribution is 2.55. The fourth-order valence-electron chi connectivity index (χ4n) is 12.9. The lowest BCUT2D eigenvalue weighted by Crippen LogP contribution is -2.54. The zero-order valence-electron chi connectivity index (χ0n) is 58.1. The molecule has 6 aliphatic heterocycles. The second kappa shape index (κ2) is 33.5. The van der Waals surface area contributed by atoms with E-state index in [4.69, 9.17) is 151 Å². The first kappa shape index (κ1) is 83.5. The number of fused-ring (bicyclic) bond motifs is 2. The van der Waals surface area contributed by atoms with Gasteiger partial charge in [0.1, 0.15) is 94.4 Å². The van der Waals surface area contributed by atoms with Gasteiger partial charge in [-0.3, -0.25) is 57.1 Å². The highest BCUT2D eigenvalue weighted by Gasteiger charge is 2.48. The predicted octanol–water partition coefficient (Wildman–Crippen LogP) is -1.09. The summed E-state index contributed by atoms with van der Waals surface area (Å²) in [6.07, 6.45) is -13.7. The first-order chi connectivity index (χ1) is 51.2. The molecule has 109 heavy (non-hydrogen) atoms. The number of carbonyl (C=O) groups is 1. The number of anilines is 3. The van der Waals surface area contributed by atoms with E-state index in [0.717, 1.165) is 9.47 Å². The van der Waals surface area contributed by atoms with Crippen LogP contribution in [0.5, 0.6) is 0 Å². The quantitative estimate of drug-likeness (QED) is 0.0189. The minimum Gasteiger partial charge on any atom is -0.780 e. The van der Waals surface area contributed by atoms with E-state index in [1.807, 2.05) is 13.8 Å². The van der Waals surface area contributed by atoms with Gasteiger partial charge in [0.2, 0.25) is 11.9 Å².